The molecular weight excluding hydrogens is 509 g/mol. The second-order valence-corrected chi connectivity index (χ2v) is 9.32. The molecule has 0 bridgehead atoms. The number of amides is 1. The van der Waals surface area contributed by atoms with Crippen LogP contribution in [-0.2, 0) is 21.9 Å². The number of hydrogen-bond donors (Lipinski definition) is 2. The smallest absolute Gasteiger partial charge is 0.305 e. The van der Waals surface area contributed by atoms with Crippen LogP contribution < -0.4 is 5.32 Å². The monoisotopic (exact) mass is 525 g/mol. The van der Waals surface area contributed by atoms with Crippen LogP contribution in [-0.4, -0.2) is 48.3 Å². The van der Waals surface area contributed by atoms with Crippen molar-refractivity contribution in [2.45, 2.75) is 34.8 Å². The second kappa shape index (κ2) is 12.0. The molecule has 1 aromatic heterocycles. The van der Waals surface area contributed by atoms with Gasteiger partial charge in [0.05, 0.1) is 21.4 Å². The topological polar surface area (TPSA) is 127 Å². The van der Waals surface area contributed by atoms with E-state index in [1.807, 2.05) is 30.3 Å². The van der Waals surface area contributed by atoms with Gasteiger partial charge >= 0.3 is 5.97 Å². The molecule has 9 nitrogen and oxygen atoms in total. The fourth-order valence-electron chi connectivity index (χ4n) is 2.58. The number of benzene rings is 2. The summed E-state index contributed by atoms with van der Waals surface area (Å²) in [5, 5.41) is 23.9. The van der Waals surface area contributed by atoms with Crippen molar-refractivity contribution in [3.8, 4) is 0 Å². The number of tetrazole rings is 1. The summed E-state index contributed by atoms with van der Waals surface area (Å²) in [6, 6.07) is 13.1. The van der Waals surface area contributed by atoms with Crippen molar-refractivity contribution in [1.29, 1.82) is 0 Å². The highest BCUT2D eigenvalue weighted by atomic mass is 35.5. The molecule has 0 saturated heterocycles. The Morgan fingerprint density at radius 3 is 2.42 bits per heavy atom. The first-order chi connectivity index (χ1) is 15.8. The Balaban J connectivity index is 1.60. The Kier molecular flexibility index (Phi) is 9.12. The maximum absolute atomic E-state index is 12.7. The van der Waals surface area contributed by atoms with E-state index < -0.39 is 29.5 Å². The molecule has 172 valence electrons. The van der Waals surface area contributed by atoms with E-state index in [1.165, 1.54) is 0 Å². The van der Waals surface area contributed by atoms with Crippen molar-refractivity contribution in [3.05, 3.63) is 64.1 Å². The number of carbonyl (C=O) groups is 3. The summed E-state index contributed by atoms with van der Waals surface area (Å²) in [4.78, 5) is 37.7. The molecule has 1 amide bonds. The van der Waals surface area contributed by atoms with Crippen molar-refractivity contribution < 1.29 is 19.5 Å². The van der Waals surface area contributed by atoms with Gasteiger partial charge in [-0.1, -0.05) is 71.4 Å². The molecule has 3 rings (SSSR count). The van der Waals surface area contributed by atoms with E-state index >= 15 is 0 Å². The van der Waals surface area contributed by atoms with Gasteiger partial charge in [-0.3, -0.25) is 14.4 Å². The number of thioether (sulfide) groups is 1. The van der Waals surface area contributed by atoms with Crippen LogP contribution in [0.25, 0.3) is 0 Å². The predicted molar refractivity (Wildman–Crippen MR) is 126 cm³/mol. The Morgan fingerprint density at radius 1 is 1.06 bits per heavy atom. The number of carboxylic acids is 1. The summed E-state index contributed by atoms with van der Waals surface area (Å²) >= 11 is 14.3. The summed E-state index contributed by atoms with van der Waals surface area (Å²) in [5.74, 6) is -1.41. The van der Waals surface area contributed by atoms with E-state index in [0.717, 1.165) is 33.9 Å². The quantitative estimate of drug-likeness (QED) is 0.400. The average Bonchev–Trinajstić information content (AvgIpc) is 3.22. The van der Waals surface area contributed by atoms with Crippen molar-refractivity contribution in [1.82, 2.24) is 25.5 Å². The van der Waals surface area contributed by atoms with Gasteiger partial charge in [-0.15, -0.1) is 10.2 Å². The minimum absolute atomic E-state index is 0.204. The van der Waals surface area contributed by atoms with E-state index in [2.05, 4.69) is 20.7 Å². The molecule has 33 heavy (non-hydrogen) atoms. The van der Waals surface area contributed by atoms with Crippen LogP contribution >= 0.6 is 46.7 Å². The van der Waals surface area contributed by atoms with Gasteiger partial charge < -0.3 is 10.4 Å². The summed E-state index contributed by atoms with van der Waals surface area (Å²) in [7, 11) is 0. The maximum atomic E-state index is 12.7. The van der Waals surface area contributed by atoms with Crippen LogP contribution in [0, 0.1) is 0 Å². The van der Waals surface area contributed by atoms with E-state index in [9.17, 15) is 14.4 Å². The number of aromatic nitrogens is 4. The number of nitrogens with one attached hydrogen (secondary N) is 1. The Hall–Kier alpha value is -2.60. The third kappa shape index (κ3) is 7.74. The maximum Gasteiger partial charge on any atom is 0.305 e. The molecule has 0 fully saturated rings. The fourth-order valence-corrected chi connectivity index (χ4v) is 4.66. The molecule has 0 aliphatic carbocycles. The van der Waals surface area contributed by atoms with Crippen LogP contribution in [0.1, 0.15) is 12.0 Å². The van der Waals surface area contributed by atoms with E-state index in [0.29, 0.717) is 20.7 Å². The fraction of sp³-hybridized carbons (Fsp3) is 0.200. The van der Waals surface area contributed by atoms with Crippen LogP contribution in [0.15, 0.2) is 58.6 Å². The second-order valence-electron chi connectivity index (χ2n) is 6.58. The van der Waals surface area contributed by atoms with Gasteiger partial charge in [-0.2, -0.15) is 4.80 Å². The van der Waals surface area contributed by atoms with Crippen molar-refractivity contribution >= 4 is 63.7 Å². The molecule has 2 N–H and O–H groups in total. The number of nitrogens with zero attached hydrogens (tertiary/aromatic N) is 4. The normalized spacial score (nSPS) is 11.7. The van der Waals surface area contributed by atoms with Gasteiger partial charge in [-0.25, -0.2) is 0 Å². The summed E-state index contributed by atoms with van der Waals surface area (Å²) in [6.07, 6.45) is -0.567. The summed E-state index contributed by atoms with van der Waals surface area (Å²) < 4.78 is 0. The Labute approximate surface area is 207 Å². The summed E-state index contributed by atoms with van der Waals surface area (Å²) in [5.41, 5.74) is 0.925. The van der Waals surface area contributed by atoms with Crippen LogP contribution in [0.4, 0.5) is 4.79 Å². The predicted octanol–water partition coefficient (Wildman–Crippen LogP) is 4.19. The number of Topliss-reactive ketones (excluding diaryl/α,β-unsaturated/α-hetero) is 1. The SMILES string of the molecule is O=C(O)CC(NC(=O)SCc1ccccc1)C(=O)Cn1nnc(Sc2c(Cl)cccc2Cl)n1. The molecule has 0 aliphatic heterocycles. The molecule has 2 aromatic carbocycles. The van der Waals surface area contributed by atoms with E-state index in [4.69, 9.17) is 28.3 Å². The van der Waals surface area contributed by atoms with Crippen molar-refractivity contribution in [2.75, 3.05) is 0 Å². The number of aliphatic carboxylic acids is 1. The third-order valence-electron chi connectivity index (χ3n) is 4.12. The first kappa shape index (κ1) is 25.0. The average molecular weight is 526 g/mol. The standard InChI is InChI=1S/C20H17Cl2N5O4S2/c21-13-7-4-8-14(22)18(13)33-19-24-26-27(25-19)10-16(28)15(9-17(29)30)23-20(31)32-11-12-5-2-1-3-6-12/h1-8,15H,9-11H2,(H,23,31)(H,29,30). The third-order valence-corrected chi connectivity index (χ3v) is 6.82. The summed E-state index contributed by atoms with van der Waals surface area (Å²) in [6.45, 7) is -0.370. The lowest BCUT2D eigenvalue weighted by atomic mass is 10.1. The highest BCUT2D eigenvalue weighted by molar-refractivity contribution is 8.12. The van der Waals surface area contributed by atoms with Gasteiger partial charge in [-0.05, 0) is 34.7 Å². The van der Waals surface area contributed by atoms with Crippen LogP contribution in [0.5, 0.6) is 0 Å². The zero-order valence-electron chi connectivity index (χ0n) is 16.9. The van der Waals surface area contributed by atoms with Gasteiger partial charge in [0.2, 0.25) is 5.16 Å². The minimum atomic E-state index is -1.24. The highest BCUT2D eigenvalue weighted by Crippen LogP contribution is 2.36. The van der Waals surface area contributed by atoms with Crippen molar-refractivity contribution in [3.63, 3.8) is 0 Å². The molecular formula is C20H17Cl2N5O4S2. The molecule has 0 aliphatic rings. The first-order valence-electron chi connectivity index (χ1n) is 9.43. The molecule has 0 saturated carbocycles. The largest absolute Gasteiger partial charge is 0.481 e. The minimum Gasteiger partial charge on any atom is -0.481 e. The molecule has 0 radical (unpaired) electrons. The number of ketones is 1. The van der Waals surface area contributed by atoms with Crippen LogP contribution in [0.2, 0.25) is 10.0 Å². The number of hydrogen-bond acceptors (Lipinski definition) is 8. The van der Waals surface area contributed by atoms with Gasteiger partial charge in [0.1, 0.15) is 12.6 Å². The lowest BCUT2D eigenvalue weighted by Crippen LogP contribution is -2.42. The number of halogens is 2. The van der Waals surface area contributed by atoms with Gasteiger partial charge in [0.15, 0.2) is 5.78 Å². The van der Waals surface area contributed by atoms with Crippen LogP contribution in [0.3, 0.4) is 0 Å². The van der Waals surface area contributed by atoms with E-state index in [-0.39, 0.29) is 11.7 Å². The number of carbonyl (C=O) groups excluding carboxylic acids is 2. The Morgan fingerprint density at radius 2 is 1.76 bits per heavy atom. The number of carboxylic acid groups (broad SMARTS) is 1. The Bertz CT molecular complexity index is 1130. The lowest BCUT2D eigenvalue weighted by molar-refractivity contribution is -0.139. The molecule has 1 atom stereocenters. The van der Waals surface area contributed by atoms with Gasteiger partial charge in [0, 0.05) is 5.75 Å². The first-order valence-corrected chi connectivity index (χ1v) is 12.0. The lowest BCUT2D eigenvalue weighted by Gasteiger charge is -2.15. The molecule has 1 unspecified atom stereocenters. The molecule has 0 spiro atoms. The zero-order valence-corrected chi connectivity index (χ0v) is 20.0. The van der Waals surface area contributed by atoms with Gasteiger partial charge in [0.25, 0.3) is 5.24 Å². The molecule has 1 heterocycles. The molecule has 3 aromatic rings. The van der Waals surface area contributed by atoms with E-state index in [1.54, 1.807) is 18.2 Å². The molecule has 13 heteroatoms. The zero-order chi connectivity index (χ0) is 23.8. The number of rotatable bonds is 10. The van der Waals surface area contributed by atoms with Crippen molar-refractivity contribution in [2.24, 2.45) is 0 Å². The highest BCUT2D eigenvalue weighted by Gasteiger charge is 2.25.